The predicted octanol–water partition coefficient (Wildman–Crippen LogP) is 2.45. The molecule has 0 saturated heterocycles. The number of carboxylic acids is 1. The van der Waals surface area contributed by atoms with Gasteiger partial charge in [0.1, 0.15) is 5.58 Å². The van der Waals surface area contributed by atoms with Crippen molar-refractivity contribution in [1.29, 1.82) is 0 Å². The van der Waals surface area contributed by atoms with Crippen LogP contribution in [0.5, 0.6) is 5.75 Å². The third-order valence-corrected chi connectivity index (χ3v) is 5.63. The van der Waals surface area contributed by atoms with Crippen molar-refractivity contribution in [2.24, 2.45) is 0 Å². The van der Waals surface area contributed by atoms with Gasteiger partial charge in [-0.05, 0) is 24.3 Å². The van der Waals surface area contributed by atoms with E-state index in [1.807, 2.05) is 0 Å². The normalized spacial score (nSPS) is 11.8. The summed E-state index contributed by atoms with van der Waals surface area (Å²) < 4.78 is 35.2. The van der Waals surface area contributed by atoms with Gasteiger partial charge in [0, 0.05) is 6.07 Å². The maximum absolute atomic E-state index is 12.8. The Bertz CT molecular complexity index is 1170. The molecule has 0 saturated carbocycles. The largest absolute Gasteiger partial charge is 0.493 e. The standard InChI is InChI=1S/C17H14O7S/c1-3-25(21,22)10-7-12-15(18)11-6-9(17(19)20)4-5-13(11)24-16(12)14(8-10)23-2/h4-8H,3H2,1-2H3,(H,19,20). The zero-order chi connectivity index (χ0) is 18.4. The van der Waals surface area contributed by atoms with Crippen LogP contribution in [0.3, 0.4) is 0 Å². The summed E-state index contributed by atoms with van der Waals surface area (Å²) in [4.78, 5) is 23.9. The first kappa shape index (κ1) is 17.0. The van der Waals surface area contributed by atoms with E-state index in [-0.39, 0.29) is 43.9 Å². The van der Waals surface area contributed by atoms with Gasteiger partial charge in [-0.15, -0.1) is 0 Å². The molecule has 0 atom stereocenters. The molecule has 1 N–H and O–H groups in total. The number of sulfone groups is 1. The van der Waals surface area contributed by atoms with Gasteiger partial charge in [-0.3, -0.25) is 4.79 Å². The number of hydrogen-bond donors (Lipinski definition) is 1. The second-order valence-electron chi connectivity index (χ2n) is 5.35. The van der Waals surface area contributed by atoms with E-state index in [4.69, 9.17) is 14.3 Å². The molecule has 0 aliphatic carbocycles. The summed E-state index contributed by atoms with van der Waals surface area (Å²) in [7, 11) is -2.23. The van der Waals surface area contributed by atoms with Crippen molar-refractivity contribution >= 4 is 37.7 Å². The van der Waals surface area contributed by atoms with Crippen molar-refractivity contribution in [1.82, 2.24) is 0 Å². The van der Waals surface area contributed by atoms with E-state index in [1.54, 1.807) is 0 Å². The molecule has 0 radical (unpaired) electrons. The maximum Gasteiger partial charge on any atom is 0.335 e. The van der Waals surface area contributed by atoms with Gasteiger partial charge >= 0.3 is 5.97 Å². The Morgan fingerprint density at radius 3 is 2.52 bits per heavy atom. The van der Waals surface area contributed by atoms with Crippen molar-refractivity contribution in [2.45, 2.75) is 11.8 Å². The minimum atomic E-state index is -3.57. The first-order valence-electron chi connectivity index (χ1n) is 7.33. The molecule has 25 heavy (non-hydrogen) atoms. The number of aromatic carboxylic acids is 1. The van der Waals surface area contributed by atoms with Gasteiger partial charge in [0.15, 0.2) is 21.2 Å². The van der Waals surface area contributed by atoms with Gasteiger partial charge in [0.2, 0.25) is 5.43 Å². The molecule has 3 rings (SSSR count). The molecule has 0 fully saturated rings. The quantitative estimate of drug-likeness (QED) is 0.710. The van der Waals surface area contributed by atoms with Crippen molar-refractivity contribution < 1.29 is 27.5 Å². The van der Waals surface area contributed by atoms with Crippen molar-refractivity contribution in [3.05, 3.63) is 46.1 Å². The third-order valence-electron chi connectivity index (χ3n) is 3.92. The Morgan fingerprint density at radius 2 is 1.92 bits per heavy atom. The summed E-state index contributed by atoms with van der Waals surface area (Å²) in [5.41, 5.74) is -0.292. The van der Waals surface area contributed by atoms with Gasteiger partial charge < -0.3 is 14.3 Å². The minimum absolute atomic E-state index is 0.0152. The smallest absolute Gasteiger partial charge is 0.335 e. The number of rotatable bonds is 4. The average molecular weight is 362 g/mol. The Kier molecular flexibility index (Phi) is 4.00. The molecule has 0 aliphatic heterocycles. The number of fused-ring (bicyclic) bond motifs is 2. The lowest BCUT2D eigenvalue weighted by atomic mass is 10.1. The van der Waals surface area contributed by atoms with Crippen LogP contribution in [0.1, 0.15) is 17.3 Å². The highest BCUT2D eigenvalue weighted by atomic mass is 32.2. The van der Waals surface area contributed by atoms with Crippen LogP contribution in [0.2, 0.25) is 0 Å². The molecule has 2 aromatic carbocycles. The van der Waals surface area contributed by atoms with Crippen molar-refractivity contribution in [3.8, 4) is 5.75 Å². The Labute approximate surface area is 142 Å². The van der Waals surface area contributed by atoms with Crippen LogP contribution in [0.15, 0.2) is 44.4 Å². The topological polar surface area (TPSA) is 111 Å². The second-order valence-corrected chi connectivity index (χ2v) is 7.63. The summed E-state index contributed by atoms with van der Waals surface area (Å²) in [6.45, 7) is 1.49. The molecule has 0 spiro atoms. The first-order chi connectivity index (χ1) is 11.8. The zero-order valence-corrected chi connectivity index (χ0v) is 14.2. The Hall–Kier alpha value is -2.87. The summed E-state index contributed by atoms with van der Waals surface area (Å²) in [5, 5.41) is 9.15. The molecule has 3 aromatic rings. The number of benzene rings is 2. The number of hydrogen-bond acceptors (Lipinski definition) is 6. The molecule has 1 aromatic heterocycles. The fourth-order valence-corrected chi connectivity index (χ4v) is 3.45. The average Bonchev–Trinajstić information content (AvgIpc) is 2.60. The molecule has 0 bridgehead atoms. The van der Waals surface area contributed by atoms with E-state index in [2.05, 4.69) is 0 Å². The van der Waals surface area contributed by atoms with E-state index in [0.717, 1.165) is 0 Å². The maximum atomic E-state index is 12.8. The zero-order valence-electron chi connectivity index (χ0n) is 13.4. The highest BCUT2D eigenvalue weighted by Gasteiger charge is 2.20. The highest BCUT2D eigenvalue weighted by Crippen LogP contribution is 2.31. The van der Waals surface area contributed by atoms with E-state index in [9.17, 15) is 18.0 Å². The van der Waals surface area contributed by atoms with Crippen LogP contribution in [-0.4, -0.2) is 32.4 Å². The number of carbonyl (C=O) groups is 1. The van der Waals surface area contributed by atoms with Crippen LogP contribution in [0.4, 0.5) is 0 Å². The fourth-order valence-electron chi connectivity index (χ4n) is 2.53. The number of carboxylic acid groups (broad SMARTS) is 1. The molecule has 0 aliphatic rings. The van der Waals surface area contributed by atoms with E-state index < -0.39 is 21.2 Å². The molecular formula is C17H14O7S. The van der Waals surface area contributed by atoms with Crippen molar-refractivity contribution in [3.63, 3.8) is 0 Å². The number of methoxy groups -OCH3 is 1. The molecule has 1 heterocycles. The molecule has 0 unspecified atom stereocenters. The summed E-state index contributed by atoms with van der Waals surface area (Å²) in [6, 6.07) is 6.45. The Balaban J connectivity index is 2.48. The molecule has 7 nitrogen and oxygen atoms in total. The number of ether oxygens (including phenoxy) is 1. The highest BCUT2D eigenvalue weighted by molar-refractivity contribution is 7.91. The summed E-state index contributed by atoms with van der Waals surface area (Å²) in [6.07, 6.45) is 0. The molecule has 130 valence electrons. The van der Waals surface area contributed by atoms with E-state index >= 15 is 0 Å². The lowest BCUT2D eigenvalue weighted by Gasteiger charge is -2.09. The van der Waals surface area contributed by atoms with Gasteiger partial charge in [-0.25, -0.2) is 13.2 Å². The van der Waals surface area contributed by atoms with Crippen molar-refractivity contribution in [2.75, 3.05) is 12.9 Å². The van der Waals surface area contributed by atoms with Crippen LogP contribution in [0, 0.1) is 0 Å². The van der Waals surface area contributed by atoms with Crippen LogP contribution >= 0.6 is 0 Å². The van der Waals surface area contributed by atoms with Gasteiger partial charge in [-0.1, -0.05) is 6.92 Å². The third kappa shape index (κ3) is 2.74. The van der Waals surface area contributed by atoms with Gasteiger partial charge in [0.25, 0.3) is 0 Å². The van der Waals surface area contributed by atoms with Crippen LogP contribution in [-0.2, 0) is 9.84 Å². The lowest BCUT2D eigenvalue weighted by molar-refractivity contribution is 0.0697. The van der Waals surface area contributed by atoms with Crippen LogP contribution < -0.4 is 10.2 Å². The van der Waals surface area contributed by atoms with Gasteiger partial charge in [-0.2, -0.15) is 0 Å². The summed E-state index contributed by atoms with van der Waals surface area (Å²) in [5.74, 6) is -1.20. The SMILES string of the molecule is CCS(=O)(=O)c1cc(OC)c2oc3ccc(C(=O)O)cc3c(=O)c2c1. The van der Waals surface area contributed by atoms with Gasteiger partial charge in [0.05, 0.1) is 34.1 Å². The fraction of sp³-hybridized carbons (Fsp3) is 0.176. The molecule has 8 heteroatoms. The van der Waals surface area contributed by atoms with Crippen LogP contribution in [0.25, 0.3) is 21.9 Å². The minimum Gasteiger partial charge on any atom is -0.493 e. The monoisotopic (exact) mass is 362 g/mol. The second kappa shape index (κ2) is 5.89. The van der Waals surface area contributed by atoms with E-state index in [1.165, 1.54) is 44.4 Å². The van der Waals surface area contributed by atoms with E-state index in [0.29, 0.717) is 0 Å². The molecule has 0 amide bonds. The Morgan fingerprint density at radius 1 is 1.20 bits per heavy atom. The summed E-state index contributed by atoms with van der Waals surface area (Å²) >= 11 is 0. The molecular weight excluding hydrogens is 348 g/mol. The predicted molar refractivity (Wildman–Crippen MR) is 91.2 cm³/mol. The first-order valence-corrected chi connectivity index (χ1v) is 8.98. The lowest BCUT2D eigenvalue weighted by Crippen LogP contribution is -2.09.